The van der Waals surface area contributed by atoms with Crippen LogP contribution in [0, 0.1) is 11.7 Å². The molecule has 1 amide bonds. The number of carbonyl (C=O) groups is 1. The fourth-order valence-electron chi connectivity index (χ4n) is 3.27. The zero-order chi connectivity index (χ0) is 16.1. The fourth-order valence-corrected chi connectivity index (χ4v) is 3.27. The minimum absolute atomic E-state index is 0.169. The van der Waals surface area contributed by atoms with Gasteiger partial charge in [-0.2, -0.15) is 0 Å². The molecule has 1 aliphatic heterocycles. The predicted octanol–water partition coefficient (Wildman–Crippen LogP) is 3.85. The zero-order valence-corrected chi connectivity index (χ0v) is 13.2. The Morgan fingerprint density at radius 3 is 2.39 bits per heavy atom. The molecular weight excluding hydrogens is 289 g/mol. The van der Waals surface area contributed by atoms with Crippen molar-refractivity contribution in [2.75, 3.05) is 13.1 Å². The van der Waals surface area contributed by atoms with Gasteiger partial charge in [-0.1, -0.05) is 42.5 Å². The highest BCUT2D eigenvalue weighted by molar-refractivity contribution is 5.78. The highest BCUT2D eigenvalue weighted by atomic mass is 19.1. The summed E-state index contributed by atoms with van der Waals surface area (Å²) in [4.78, 5) is 14.3. The molecule has 2 aromatic carbocycles. The van der Waals surface area contributed by atoms with Crippen molar-refractivity contribution in [1.82, 2.24) is 4.90 Å². The average Bonchev–Trinajstić information content (AvgIpc) is 2.56. The molecular formula is C20H22FNO. The van der Waals surface area contributed by atoms with Crippen molar-refractivity contribution in [2.45, 2.75) is 25.7 Å². The first-order chi connectivity index (χ1) is 11.2. The third-order valence-electron chi connectivity index (χ3n) is 4.58. The zero-order valence-electron chi connectivity index (χ0n) is 13.2. The molecule has 1 saturated heterocycles. The van der Waals surface area contributed by atoms with Crippen molar-refractivity contribution in [2.24, 2.45) is 5.92 Å². The van der Waals surface area contributed by atoms with E-state index in [9.17, 15) is 9.18 Å². The summed E-state index contributed by atoms with van der Waals surface area (Å²) in [7, 11) is 0. The molecule has 0 atom stereocenters. The number of benzene rings is 2. The van der Waals surface area contributed by atoms with E-state index in [1.54, 1.807) is 12.1 Å². The van der Waals surface area contributed by atoms with Gasteiger partial charge in [0.25, 0.3) is 0 Å². The first-order valence-corrected chi connectivity index (χ1v) is 8.27. The SMILES string of the molecule is O=C(Cc1ccccc1)N1CCC(Cc2cccc(F)c2)CC1. The van der Waals surface area contributed by atoms with E-state index in [-0.39, 0.29) is 11.7 Å². The van der Waals surface area contributed by atoms with E-state index in [1.165, 1.54) is 6.07 Å². The lowest BCUT2D eigenvalue weighted by molar-refractivity contribution is -0.131. The highest BCUT2D eigenvalue weighted by Crippen LogP contribution is 2.22. The van der Waals surface area contributed by atoms with Crippen LogP contribution in [0.5, 0.6) is 0 Å². The summed E-state index contributed by atoms with van der Waals surface area (Å²) in [6.07, 6.45) is 3.38. The van der Waals surface area contributed by atoms with Crippen molar-refractivity contribution >= 4 is 5.91 Å². The number of hydrogen-bond acceptors (Lipinski definition) is 1. The summed E-state index contributed by atoms with van der Waals surface area (Å²) in [5, 5.41) is 0. The molecule has 23 heavy (non-hydrogen) atoms. The standard InChI is InChI=1S/C20H22FNO/c21-19-8-4-7-18(14-19)13-17-9-11-22(12-10-17)20(23)15-16-5-2-1-3-6-16/h1-8,14,17H,9-13,15H2. The van der Waals surface area contributed by atoms with E-state index in [0.717, 1.165) is 43.5 Å². The Bertz CT molecular complexity index is 648. The van der Waals surface area contributed by atoms with Crippen LogP contribution in [0.4, 0.5) is 4.39 Å². The van der Waals surface area contributed by atoms with Crippen LogP contribution in [0.15, 0.2) is 54.6 Å². The van der Waals surface area contributed by atoms with E-state index in [0.29, 0.717) is 12.3 Å². The molecule has 1 aliphatic rings. The van der Waals surface area contributed by atoms with Crippen LogP contribution in [-0.2, 0) is 17.6 Å². The monoisotopic (exact) mass is 311 g/mol. The number of piperidine rings is 1. The van der Waals surface area contributed by atoms with Gasteiger partial charge in [-0.05, 0) is 48.4 Å². The number of likely N-dealkylation sites (tertiary alicyclic amines) is 1. The first kappa shape index (κ1) is 15.7. The Balaban J connectivity index is 1.49. The average molecular weight is 311 g/mol. The van der Waals surface area contributed by atoms with Gasteiger partial charge in [-0.25, -0.2) is 4.39 Å². The van der Waals surface area contributed by atoms with Crippen molar-refractivity contribution in [3.8, 4) is 0 Å². The number of halogens is 1. The van der Waals surface area contributed by atoms with Crippen LogP contribution < -0.4 is 0 Å². The fraction of sp³-hybridized carbons (Fsp3) is 0.350. The van der Waals surface area contributed by atoms with Crippen LogP contribution in [0.1, 0.15) is 24.0 Å². The van der Waals surface area contributed by atoms with E-state index in [4.69, 9.17) is 0 Å². The van der Waals surface area contributed by atoms with Gasteiger partial charge in [0.15, 0.2) is 0 Å². The van der Waals surface area contributed by atoms with Gasteiger partial charge < -0.3 is 4.90 Å². The maximum atomic E-state index is 13.2. The van der Waals surface area contributed by atoms with E-state index in [2.05, 4.69) is 0 Å². The molecule has 0 aromatic heterocycles. The molecule has 3 heteroatoms. The Kier molecular flexibility index (Phi) is 5.06. The molecule has 2 nitrogen and oxygen atoms in total. The second-order valence-corrected chi connectivity index (χ2v) is 6.32. The summed E-state index contributed by atoms with van der Waals surface area (Å²) in [5.74, 6) is 0.580. The largest absolute Gasteiger partial charge is 0.342 e. The quantitative estimate of drug-likeness (QED) is 0.840. The minimum atomic E-state index is -0.169. The van der Waals surface area contributed by atoms with Crippen molar-refractivity contribution in [3.05, 3.63) is 71.5 Å². The lowest BCUT2D eigenvalue weighted by atomic mass is 9.90. The van der Waals surface area contributed by atoms with Crippen LogP contribution in [0.25, 0.3) is 0 Å². The summed E-state index contributed by atoms with van der Waals surface area (Å²) in [5.41, 5.74) is 2.12. The van der Waals surface area contributed by atoms with Crippen molar-refractivity contribution in [3.63, 3.8) is 0 Å². The number of amides is 1. The van der Waals surface area contributed by atoms with Crippen LogP contribution in [0.2, 0.25) is 0 Å². The molecule has 0 N–H and O–H groups in total. The summed E-state index contributed by atoms with van der Waals surface area (Å²) in [6.45, 7) is 1.62. The molecule has 1 heterocycles. The van der Waals surface area contributed by atoms with Gasteiger partial charge in [0.1, 0.15) is 5.82 Å². The van der Waals surface area contributed by atoms with Crippen molar-refractivity contribution in [1.29, 1.82) is 0 Å². The molecule has 0 radical (unpaired) electrons. The summed E-state index contributed by atoms with van der Waals surface area (Å²) >= 11 is 0. The van der Waals surface area contributed by atoms with E-state index in [1.807, 2.05) is 41.3 Å². The topological polar surface area (TPSA) is 20.3 Å². The Labute approximate surface area is 136 Å². The van der Waals surface area contributed by atoms with E-state index < -0.39 is 0 Å². The maximum Gasteiger partial charge on any atom is 0.226 e. The third kappa shape index (κ3) is 4.41. The van der Waals surface area contributed by atoms with Gasteiger partial charge in [0, 0.05) is 13.1 Å². The Morgan fingerprint density at radius 2 is 1.70 bits per heavy atom. The van der Waals surface area contributed by atoms with Gasteiger partial charge >= 0.3 is 0 Å². The Morgan fingerprint density at radius 1 is 1.00 bits per heavy atom. The molecule has 0 bridgehead atoms. The van der Waals surface area contributed by atoms with Crippen LogP contribution in [-0.4, -0.2) is 23.9 Å². The normalized spacial score (nSPS) is 15.6. The molecule has 0 aliphatic carbocycles. The van der Waals surface area contributed by atoms with Gasteiger partial charge in [-0.3, -0.25) is 4.79 Å². The predicted molar refractivity (Wildman–Crippen MR) is 89.6 cm³/mol. The van der Waals surface area contributed by atoms with Crippen molar-refractivity contribution < 1.29 is 9.18 Å². The Hall–Kier alpha value is -2.16. The molecule has 1 fully saturated rings. The third-order valence-corrected chi connectivity index (χ3v) is 4.58. The number of rotatable bonds is 4. The van der Waals surface area contributed by atoms with Crippen LogP contribution >= 0.6 is 0 Å². The number of carbonyl (C=O) groups excluding carboxylic acids is 1. The number of nitrogens with zero attached hydrogens (tertiary/aromatic N) is 1. The molecule has 0 saturated carbocycles. The summed E-state index contributed by atoms with van der Waals surface area (Å²) < 4.78 is 13.2. The van der Waals surface area contributed by atoms with Gasteiger partial charge in [0.2, 0.25) is 5.91 Å². The lowest BCUT2D eigenvalue weighted by Gasteiger charge is -2.32. The smallest absolute Gasteiger partial charge is 0.226 e. The van der Waals surface area contributed by atoms with Crippen LogP contribution in [0.3, 0.4) is 0 Å². The summed E-state index contributed by atoms with van der Waals surface area (Å²) in [6, 6.07) is 16.7. The highest BCUT2D eigenvalue weighted by Gasteiger charge is 2.23. The van der Waals surface area contributed by atoms with Gasteiger partial charge in [0.05, 0.1) is 6.42 Å². The molecule has 0 unspecified atom stereocenters. The second kappa shape index (κ2) is 7.40. The molecule has 120 valence electrons. The molecule has 0 spiro atoms. The number of hydrogen-bond donors (Lipinski definition) is 0. The maximum absolute atomic E-state index is 13.2. The molecule has 3 rings (SSSR count). The second-order valence-electron chi connectivity index (χ2n) is 6.32. The van der Waals surface area contributed by atoms with Gasteiger partial charge in [-0.15, -0.1) is 0 Å². The van der Waals surface area contributed by atoms with E-state index >= 15 is 0 Å². The lowest BCUT2D eigenvalue weighted by Crippen LogP contribution is -2.39. The first-order valence-electron chi connectivity index (χ1n) is 8.27. The minimum Gasteiger partial charge on any atom is -0.342 e. The molecule has 2 aromatic rings.